The fourth-order valence-corrected chi connectivity index (χ4v) is 3.59. The molecule has 1 fully saturated rings. The number of carbonyl (C=O) groups excluding carboxylic acids is 1. The van der Waals surface area contributed by atoms with Gasteiger partial charge in [-0.2, -0.15) is 0 Å². The number of amides is 2. The molecule has 0 saturated heterocycles. The molecule has 5 nitrogen and oxygen atoms in total. The molecular formula is C20H30N2O3. The van der Waals surface area contributed by atoms with Crippen LogP contribution in [0.25, 0.3) is 0 Å². The summed E-state index contributed by atoms with van der Waals surface area (Å²) in [4.78, 5) is 25.4. The van der Waals surface area contributed by atoms with Crippen LogP contribution >= 0.6 is 0 Å². The van der Waals surface area contributed by atoms with Crippen LogP contribution in [0.2, 0.25) is 0 Å². The van der Waals surface area contributed by atoms with Crippen LogP contribution in [0.4, 0.5) is 4.79 Å². The maximum Gasteiger partial charge on any atom is 0.317 e. The first-order valence-corrected chi connectivity index (χ1v) is 9.06. The molecule has 25 heavy (non-hydrogen) atoms. The van der Waals surface area contributed by atoms with E-state index in [4.69, 9.17) is 5.11 Å². The summed E-state index contributed by atoms with van der Waals surface area (Å²) in [5.41, 5.74) is 1.38. The molecule has 1 aromatic rings. The molecule has 0 radical (unpaired) electrons. The second kappa shape index (κ2) is 8.37. The predicted octanol–water partition coefficient (Wildman–Crippen LogP) is 3.68. The van der Waals surface area contributed by atoms with Crippen molar-refractivity contribution in [2.24, 2.45) is 5.41 Å². The van der Waals surface area contributed by atoms with Gasteiger partial charge in [0.15, 0.2) is 0 Å². The molecular weight excluding hydrogens is 316 g/mol. The predicted molar refractivity (Wildman–Crippen MR) is 98.5 cm³/mol. The number of hydrogen-bond acceptors (Lipinski definition) is 2. The van der Waals surface area contributed by atoms with Crippen LogP contribution in [-0.2, 0) is 11.2 Å². The first-order valence-electron chi connectivity index (χ1n) is 9.06. The third kappa shape index (κ3) is 6.07. The first kappa shape index (κ1) is 19.3. The second-order valence-electron chi connectivity index (χ2n) is 7.94. The van der Waals surface area contributed by atoms with Gasteiger partial charge in [-0.05, 0) is 43.1 Å². The minimum absolute atomic E-state index is 0.0535. The summed E-state index contributed by atoms with van der Waals surface area (Å²) in [5, 5.41) is 12.0. The van der Waals surface area contributed by atoms with Crippen molar-refractivity contribution in [2.45, 2.75) is 64.5 Å². The molecule has 2 amide bonds. The molecule has 2 rings (SSSR count). The average Bonchev–Trinajstić information content (AvgIpc) is 2.92. The van der Waals surface area contributed by atoms with Crippen molar-refractivity contribution in [2.75, 3.05) is 7.05 Å². The van der Waals surface area contributed by atoms with Crippen LogP contribution in [0, 0.1) is 5.41 Å². The number of nitrogens with zero attached hydrogens (tertiary/aromatic N) is 1. The van der Waals surface area contributed by atoms with Crippen LogP contribution in [0.1, 0.15) is 51.5 Å². The SMILES string of the molecule is CN(C(=O)NC(CCC(=O)O)Cc1ccccc1)C1CCC(C)(C)C1. The molecule has 138 valence electrons. The number of urea groups is 1. The number of carboxylic acids is 1. The van der Waals surface area contributed by atoms with Crippen LogP contribution in [0.15, 0.2) is 30.3 Å². The fraction of sp³-hybridized carbons (Fsp3) is 0.600. The third-order valence-electron chi connectivity index (χ3n) is 5.17. The minimum Gasteiger partial charge on any atom is -0.481 e. The number of benzene rings is 1. The van der Waals surface area contributed by atoms with E-state index >= 15 is 0 Å². The van der Waals surface area contributed by atoms with E-state index in [2.05, 4.69) is 19.2 Å². The van der Waals surface area contributed by atoms with E-state index < -0.39 is 5.97 Å². The highest BCUT2D eigenvalue weighted by molar-refractivity contribution is 5.75. The smallest absolute Gasteiger partial charge is 0.317 e. The van der Waals surface area contributed by atoms with Gasteiger partial charge in [0.05, 0.1) is 0 Å². The van der Waals surface area contributed by atoms with Gasteiger partial charge in [-0.3, -0.25) is 4.79 Å². The quantitative estimate of drug-likeness (QED) is 0.791. The largest absolute Gasteiger partial charge is 0.481 e. The maximum absolute atomic E-state index is 12.7. The zero-order chi connectivity index (χ0) is 18.4. The summed E-state index contributed by atoms with van der Waals surface area (Å²) >= 11 is 0. The number of nitrogens with one attached hydrogen (secondary N) is 1. The van der Waals surface area contributed by atoms with E-state index in [9.17, 15) is 9.59 Å². The molecule has 2 N–H and O–H groups in total. The molecule has 0 spiro atoms. The van der Waals surface area contributed by atoms with Crippen molar-refractivity contribution in [1.82, 2.24) is 10.2 Å². The molecule has 0 aliphatic heterocycles. The van der Waals surface area contributed by atoms with E-state index in [0.717, 1.165) is 24.8 Å². The van der Waals surface area contributed by atoms with E-state index in [1.807, 2.05) is 37.4 Å². The minimum atomic E-state index is -0.835. The Morgan fingerprint density at radius 2 is 2.00 bits per heavy atom. The first-order chi connectivity index (χ1) is 11.8. The summed E-state index contributed by atoms with van der Waals surface area (Å²) in [6.45, 7) is 4.48. The highest BCUT2D eigenvalue weighted by Crippen LogP contribution is 2.38. The molecule has 0 aromatic heterocycles. The van der Waals surface area contributed by atoms with Gasteiger partial charge in [-0.1, -0.05) is 44.2 Å². The zero-order valence-electron chi connectivity index (χ0n) is 15.5. The van der Waals surface area contributed by atoms with E-state index in [1.165, 1.54) is 0 Å². The van der Waals surface area contributed by atoms with Gasteiger partial charge in [-0.15, -0.1) is 0 Å². The topological polar surface area (TPSA) is 69.6 Å². The molecule has 1 aliphatic carbocycles. The number of carboxylic acid groups (broad SMARTS) is 1. The van der Waals surface area contributed by atoms with Gasteiger partial charge >= 0.3 is 12.0 Å². The Hall–Kier alpha value is -2.04. The Kier molecular flexibility index (Phi) is 6.45. The fourth-order valence-electron chi connectivity index (χ4n) is 3.59. The zero-order valence-corrected chi connectivity index (χ0v) is 15.5. The molecule has 1 aliphatic rings. The lowest BCUT2D eigenvalue weighted by atomic mass is 9.92. The Balaban J connectivity index is 1.96. The third-order valence-corrected chi connectivity index (χ3v) is 5.17. The van der Waals surface area contributed by atoms with Crippen molar-refractivity contribution in [1.29, 1.82) is 0 Å². The normalized spacial score (nSPS) is 20.0. The molecule has 2 unspecified atom stereocenters. The van der Waals surface area contributed by atoms with Gasteiger partial charge in [0.25, 0.3) is 0 Å². The second-order valence-corrected chi connectivity index (χ2v) is 7.94. The Morgan fingerprint density at radius 1 is 1.32 bits per heavy atom. The van der Waals surface area contributed by atoms with Gasteiger partial charge < -0.3 is 15.3 Å². The van der Waals surface area contributed by atoms with E-state index in [-0.39, 0.29) is 30.0 Å². The Morgan fingerprint density at radius 3 is 2.56 bits per heavy atom. The van der Waals surface area contributed by atoms with Gasteiger partial charge in [0, 0.05) is 25.6 Å². The number of aliphatic carboxylic acids is 1. The number of rotatable bonds is 7. The van der Waals surface area contributed by atoms with Crippen molar-refractivity contribution >= 4 is 12.0 Å². The van der Waals surface area contributed by atoms with Crippen molar-refractivity contribution in [3.8, 4) is 0 Å². The van der Waals surface area contributed by atoms with Crippen LogP contribution in [-0.4, -0.2) is 41.1 Å². The molecule has 5 heteroatoms. The van der Waals surface area contributed by atoms with Crippen LogP contribution < -0.4 is 5.32 Å². The van der Waals surface area contributed by atoms with Crippen molar-refractivity contribution < 1.29 is 14.7 Å². The highest BCUT2D eigenvalue weighted by Gasteiger charge is 2.35. The van der Waals surface area contributed by atoms with Crippen LogP contribution in [0.3, 0.4) is 0 Å². The molecule has 1 saturated carbocycles. The van der Waals surface area contributed by atoms with Gasteiger partial charge in [0.2, 0.25) is 0 Å². The standard InChI is InChI=1S/C20H30N2O3/c1-20(2)12-11-17(14-20)22(3)19(25)21-16(9-10-18(23)24)13-15-7-5-4-6-8-15/h4-8,16-17H,9-14H2,1-3H3,(H,21,25)(H,23,24). The van der Waals surface area contributed by atoms with Gasteiger partial charge in [-0.25, -0.2) is 4.79 Å². The van der Waals surface area contributed by atoms with Crippen molar-refractivity contribution in [3.63, 3.8) is 0 Å². The Bertz CT molecular complexity index is 586. The van der Waals surface area contributed by atoms with E-state index in [1.54, 1.807) is 4.90 Å². The highest BCUT2D eigenvalue weighted by atomic mass is 16.4. The molecule has 0 bridgehead atoms. The van der Waals surface area contributed by atoms with E-state index in [0.29, 0.717) is 12.8 Å². The van der Waals surface area contributed by atoms with Crippen LogP contribution in [0.5, 0.6) is 0 Å². The lowest BCUT2D eigenvalue weighted by molar-refractivity contribution is -0.137. The van der Waals surface area contributed by atoms with Crippen molar-refractivity contribution in [3.05, 3.63) is 35.9 Å². The lowest BCUT2D eigenvalue weighted by Crippen LogP contribution is -2.47. The summed E-state index contributed by atoms with van der Waals surface area (Å²) in [6, 6.07) is 9.84. The molecule has 0 heterocycles. The summed E-state index contributed by atoms with van der Waals surface area (Å²) in [6.07, 6.45) is 4.29. The summed E-state index contributed by atoms with van der Waals surface area (Å²) < 4.78 is 0. The monoisotopic (exact) mass is 346 g/mol. The molecule has 2 atom stereocenters. The average molecular weight is 346 g/mol. The van der Waals surface area contributed by atoms with Gasteiger partial charge in [0.1, 0.15) is 0 Å². The number of carbonyl (C=O) groups is 2. The Labute approximate surface area is 150 Å². The maximum atomic E-state index is 12.7. The summed E-state index contributed by atoms with van der Waals surface area (Å²) in [5.74, 6) is -0.835. The number of hydrogen-bond donors (Lipinski definition) is 2. The molecule has 1 aromatic carbocycles. The lowest BCUT2D eigenvalue weighted by Gasteiger charge is -2.29. The summed E-state index contributed by atoms with van der Waals surface area (Å²) in [7, 11) is 1.85.